The smallest absolute Gasteiger partial charge is 0.228 e. The van der Waals surface area contributed by atoms with Gasteiger partial charge in [-0.1, -0.05) is 0 Å². The van der Waals surface area contributed by atoms with Gasteiger partial charge in [0.2, 0.25) is 5.91 Å². The second-order valence-electron chi connectivity index (χ2n) is 8.01. The fourth-order valence-corrected chi connectivity index (χ4v) is 4.49. The molecule has 2 fully saturated rings. The van der Waals surface area contributed by atoms with Gasteiger partial charge in [-0.15, -0.1) is 10.2 Å². The minimum absolute atomic E-state index is 0.0281. The molecule has 1 aliphatic heterocycles. The van der Waals surface area contributed by atoms with Gasteiger partial charge >= 0.3 is 0 Å². The maximum absolute atomic E-state index is 12.8. The first kappa shape index (κ1) is 19.1. The largest absolute Gasteiger partial charge is 0.444 e. The summed E-state index contributed by atoms with van der Waals surface area (Å²) in [6.07, 6.45) is 7.01. The summed E-state index contributed by atoms with van der Waals surface area (Å²) in [6.45, 7) is 3.65. The van der Waals surface area contributed by atoms with Gasteiger partial charge in [0, 0.05) is 36.0 Å². The van der Waals surface area contributed by atoms with Gasteiger partial charge in [-0.25, -0.2) is 4.98 Å². The Morgan fingerprint density at radius 3 is 2.67 bits per heavy atom. The summed E-state index contributed by atoms with van der Waals surface area (Å²) in [6, 6.07) is 8.21. The van der Waals surface area contributed by atoms with Crippen molar-refractivity contribution in [3.8, 4) is 11.3 Å². The number of anilines is 1. The SMILES string of the molecule is O=C(Nc1cc2cc(-c3cnco3)ccc2nn1)C1CCC(N2CCOCC2)CC1. The van der Waals surface area contributed by atoms with E-state index in [1.807, 2.05) is 24.3 Å². The molecule has 8 nitrogen and oxygen atoms in total. The zero-order valence-corrected chi connectivity index (χ0v) is 16.8. The Balaban J connectivity index is 1.23. The third kappa shape index (κ3) is 4.06. The maximum atomic E-state index is 12.8. The van der Waals surface area contributed by atoms with Crippen LogP contribution in [0.3, 0.4) is 0 Å². The monoisotopic (exact) mass is 407 g/mol. The molecule has 3 heterocycles. The highest BCUT2D eigenvalue weighted by Gasteiger charge is 2.30. The molecule has 8 heteroatoms. The lowest BCUT2D eigenvalue weighted by molar-refractivity contribution is -0.121. The van der Waals surface area contributed by atoms with Crippen molar-refractivity contribution in [1.29, 1.82) is 0 Å². The molecule has 0 atom stereocenters. The van der Waals surface area contributed by atoms with Crippen LogP contribution in [-0.4, -0.2) is 58.3 Å². The predicted octanol–water partition coefficient (Wildman–Crippen LogP) is 3.11. The van der Waals surface area contributed by atoms with Crippen LogP contribution in [0.4, 0.5) is 5.82 Å². The van der Waals surface area contributed by atoms with Crippen molar-refractivity contribution in [2.45, 2.75) is 31.7 Å². The Kier molecular flexibility index (Phi) is 5.42. The summed E-state index contributed by atoms with van der Waals surface area (Å²) in [4.78, 5) is 19.3. The van der Waals surface area contributed by atoms with Gasteiger partial charge in [0.15, 0.2) is 18.0 Å². The van der Waals surface area contributed by atoms with Gasteiger partial charge < -0.3 is 14.5 Å². The van der Waals surface area contributed by atoms with Crippen molar-refractivity contribution in [3.63, 3.8) is 0 Å². The van der Waals surface area contributed by atoms with Crippen LogP contribution >= 0.6 is 0 Å². The van der Waals surface area contributed by atoms with Crippen molar-refractivity contribution < 1.29 is 13.9 Å². The Hall–Kier alpha value is -2.84. The third-order valence-electron chi connectivity index (χ3n) is 6.18. The highest BCUT2D eigenvalue weighted by molar-refractivity contribution is 5.94. The number of hydrogen-bond donors (Lipinski definition) is 1. The molecule has 1 saturated carbocycles. The first-order valence-electron chi connectivity index (χ1n) is 10.6. The lowest BCUT2D eigenvalue weighted by atomic mass is 9.84. The van der Waals surface area contributed by atoms with Gasteiger partial charge in [0.25, 0.3) is 0 Å². The Morgan fingerprint density at radius 1 is 1.07 bits per heavy atom. The van der Waals surface area contributed by atoms with Crippen LogP contribution in [0.2, 0.25) is 0 Å². The van der Waals surface area contributed by atoms with Gasteiger partial charge in [0.1, 0.15) is 0 Å². The van der Waals surface area contributed by atoms with Crippen molar-refractivity contribution in [2.75, 3.05) is 31.6 Å². The van der Waals surface area contributed by atoms with Crippen LogP contribution in [0.25, 0.3) is 22.2 Å². The number of oxazole rings is 1. The van der Waals surface area contributed by atoms with E-state index in [1.54, 1.807) is 6.20 Å². The number of carbonyl (C=O) groups is 1. The number of benzene rings is 1. The highest BCUT2D eigenvalue weighted by atomic mass is 16.5. The summed E-state index contributed by atoms with van der Waals surface area (Å²) in [5.41, 5.74) is 1.67. The van der Waals surface area contributed by atoms with Crippen molar-refractivity contribution in [2.24, 2.45) is 5.92 Å². The molecule has 1 amide bonds. The van der Waals surface area contributed by atoms with Gasteiger partial charge in [-0.05, 0) is 49.9 Å². The van der Waals surface area contributed by atoms with E-state index in [2.05, 4.69) is 25.4 Å². The van der Waals surface area contributed by atoms with E-state index in [0.717, 1.165) is 68.5 Å². The van der Waals surface area contributed by atoms with Crippen molar-refractivity contribution >= 4 is 22.6 Å². The summed E-state index contributed by atoms with van der Waals surface area (Å²) >= 11 is 0. The molecule has 1 N–H and O–H groups in total. The van der Waals surface area contributed by atoms with Crippen LogP contribution in [0, 0.1) is 5.92 Å². The number of morpholine rings is 1. The number of aromatic nitrogens is 3. The van der Waals surface area contributed by atoms with E-state index in [1.165, 1.54) is 6.39 Å². The number of hydrogen-bond acceptors (Lipinski definition) is 7. The molecular weight excluding hydrogens is 382 g/mol. The van der Waals surface area contributed by atoms with E-state index < -0.39 is 0 Å². The summed E-state index contributed by atoms with van der Waals surface area (Å²) in [5, 5.41) is 12.3. The average molecular weight is 407 g/mol. The molecule has 2 aliphatic rings. The minimum Gasteiger partial charge on any atom is -0.444 e. The van der Waals surface area contributed by atoms with Crippen LogP contribution in [0.5, 0.6) is 0 Å². The molecule has 0 unspecified atom stereocenters. The topological polar surface area (TPSA) is 93.4 Å². The van der Waals surface area contributed by atoms with Crippen LogP contribution in [-0.2, 0) is 9.53 Å². The van der Waals surface area contributed by atoms with E-state index in [9.17, 15) is 4.79 Å². The number of rotatable bonds is 4. The van der Waals surface area contributed by atoms with Gasteiger partial charge in [-0.2, -0.15) is 0 Å². The molecule has 30 heavy (non-hydrogen) atoms. The fraction of sp³-hybridized carbons (Fsp3) is 0.455. The zero-order chi connectivity index (χ0) is 20.3. The first-order chi connectivity index (χ1) is 14.8. The number of fused-ring (bicyclic) bond motifs is 1. The molecule has 1 saturated heterocycles. The van der Waals surface area contributed by atoms with Gasteiger partial charge in [-0.3, -0.25) is 9.69 Å². The number of nitrogens with one attached hydrogen (secondary N) is 1. The Labute approximate surface area is 174 Å². The molecule has 3 aromatic rings. The van der Waals surface area contributed by atoms with Crippen LogP contribution in [0.1, 0.15) is 25.7 Å². The molecule has 0 spiro atoms. The van der Waals surface area contributed by atoms with Crippen molar-refractivity contribution in [1.82, 2.24) is 20.1 Å². The Bertz CT molecular complexity index is 1010. The predicted molar refractivity (Wildman–Crippen MR) is 112 cm³/mol. The molecule has 2 aromatic heterocycles. The normalized spacial score (nSPS) is 22.8. The van der Waals surface area contributed by atoms with E-state index in [-0.39, 0.29) is 11.8 Å². The fourth-order valence-electron chi connectivity index (χ4n) is 4.49. The molecule has 0 bridgehead atoms. The summed E-state index contributed by atoms with van der Waals surface area (Å²) in [5.74, 6) is 1.24. The summed E-state index contributed by atoms with van der Waals surface area (Å²) in [7, 11) is 0. The van der Waals surface area contributed by atoms with E-state index >= 15 is 0 Å². The van der Waals surface area contributed by atoms with E-state index in [0.29, 0.717) is 17.6 Å². The summed E-state index contributed by atoms with van der Waals surface area (Å²) < 4.78 is 10.8. The van der Waals surface area contributed by atoms with E-state index in [4.69, 9.17) is 9.15 Å². The molecule has 5 rings (SSSR count). The molecular formula is C22H25N5O3. The lowest BCUT2D eigenvalue weighted by Crippen LogP contribution is -2.45. The number of ether oxygens (including phenoxy) is 1. The van der Waals surface area contributed by atoms with Gasteiger partial charge in [0.05, 0.1) is 24.9 Å². The quantitative estimate of drug-likeness (QED) is 0.710. The molecule has 1 aliphatic carbocycles. The zero-order valence-electron chi connectivity index (χ0n) is 16.8. The standard InChI is InChI=1S/C22H25N5O3/c28-22(15-1-4-18(5-2-15)27-7-9-29-10-8-27)24-21-12-17-11-16(20-13-23-14-30-20)3-6-19(17)25-26-21/h3,6,11-15,18H,1-2,4-5,7-10H2,(H,24,26,28). The second-order valence-corrected chi connectivity index (χ2v) is 8.01. The second kappa shape index (κ2) is 8.49. The lowest BCUT2D eigenvalue weighted by Gasteiger charge is -2.38. The van der Waals surface area contributed by atoms with Crippen LogP contribution < -0.4 is 5.32 Å². The minimum atomic E-state index is 0.0281. The number of nitrogens with zero attached hydrogens (tertiary/aromatic N) is 4. The van der Waals surface area contributed by atoms with Crippen molar-refractivity contribution in [3.05, 3.63) is 36.9 Å². The average Bonchev–Trinajstić information content (AvgIpc) is 3.34. The molecule has 0 radical (unpaired) electrons. The number of carbonyl (C=O) groups excluding carboxylic acids is 1. The first-order valence-corrected chi connectivity index (χ1v) is 10.6. The molecule has 156 valence electrons. The van der Waals surface area contributed by atoms with Crippen LogP contribution in [0.15, 0.2) is 41.3 Å². The number of amides is 1. The maximum Gasteiger partial charge on any atom is 0.228 e. The highest BCUT2D eigenvalue weighted by Crippen LogP contribution is 2.29. The third-order valence-corrected chi connectivity index (χ3v) is 6.18. The molecule has 1 aromatic carbocycles. The Morgan fingerprint density at radius 2 is 1.90 bits per heavy atom.